The Morgan fingerprint density at radius 2 is 1.77 bits per heavy atom. The number of benzene rings is 2. The highest BCUT2D eigenvalue weighted by Crippen LogP contribution is 2.19. The lowest BCUT2D eigenvalue weighted by molar-refractivity contribution is -0.143. The Morgan fingerprint density at radius 1 is 0.975 bits per heavy atom. The molecule has 11 nitrogen and oxygen atoms in total. The normalized spacial score (nSPS) is 11.5. The Kier molecular flexibility index (Phi) is 12.1. The van der Waals surface area contributed by atoms with E-state index in [0.717, 1.165) is 10.9 Å². The first kappa shape index (κ1) is 29.8. The Bertz CT molecular complexity index is 1340. The summed E-state index contributed by atoms with van der Waals surface area (Å²) in [4.78, 5) is 47.3. The van der Waals surface area contributed by atoms with E-state index in [9.17, 15) is 19.2 Å². The van der Waals surface area contributed by atoms with Crippen molar-refractivity contribution in [2.75, 3.05) is 26.9 Å². The van der Waals surface area contributed by atoms with Crippen LogP contribution in [-0.4, -0.2) is 50.9 Å². The highest BCUT2D eigenvalue weighted by Gasteiger charge is 2.21. The predicted octanol–water partition coefficient (Wildman–Crippen LogP) is 3.46. The molecule has 2 aromatic carbocycles. The number of carbonyl (C=O) groups is 3. The van der Waals surface area contributed by atoms with Gasteiger partial charge in [-0.1, -0.05) is 30.3 Å². The molecule has 0 radical (unpaired) electrons. The third-order valence-electron chi connectivity index (χ3n) is 5.58. The highest BCUT2D eigenvalue weighted by molar-refractivity contribution is 5.82. The summed E-state index contributed by atoms with van der Waals surface area (Å²) in [5, 5.41) is 6.29. The maximum Gasteiger partial charge on any atom is 0.408 e. The van der Waals surface area contributed by atoms with E-state index in [0.29, 0.717) is 37.1 Å². The molecule has 0 saturated carbocycles. The molecule has 1 heterocycles. The lowest BCUT2D eigenvalue weighted by atomic mass is 10.1. The molecule has 1 atom stereocenters. The molecular weight excluding hydrogens is 520 g/mol. The number of methoxy groups -OCH3 is 1. The molecular formula is C29H32N2O9. The molecule has 0 aliphatic rings. The van der Waals surface area contributed by atoms with Crippen LogP contribution in [0.25, 0.3) is 11.0 Å². The third kappa shape index (κ3) is 10.5. The molecule has 0 fully saturated rings. The average molecular weight is 553 g/mol. The summed E-state index contributed by atoms with van der Waals surface area (Å²) >= 11 is 0. The maximum absolute atomic E-state index is 12.1. The number of ether oxygens (including phenoxy) is 4. The fourth-order valence-corrected chi connectivity index (χ4v) is 3.56. The van der Waals surface area contributed by atoms with Gasteiger partial charge in [-0.25, -0.2) is 19.2 Å². The molecule has 11 heteroatoms. The second-order valence-electron chi connectivity index (χ2n) is 8.54. The van der Waals surface area contributed by atoms with Gasteiger partial charge in [-0.05, 0) is 43.0 Å². The fraction of sp³-hybridized carbons (Fsp3) is 0.310. The Balaban J connectivity index is 1.26. The summed E-state index contributed by atoms with van der Waals surface area (Å²) in [5.41, 5.74) is 0.800. The molecule has 0 aliphatic carbocycles. The van der Waals surface area contributed by atoms with Crippen molar-refractivity contribution in [3.8, 4) is 5.75 Å². The number of esters is 2. The maximum atomic E-state index is 12.1. The van der Waals surface area contributed by atoms with Crippen LogP contribution in [0, 0.1) is 0 Å². The number of alkyl carbamates (subject to hydrolysis) is 1. The van der Waals surface area contributed by atoms with Crippen LogP contribution >= 0.6 is 0 Å². The standard InChI is InChI=1S/C29H32N2O9/c1-36-28(34)24(31-29(35)39-20-21-7-3-2-4-8-21)9-5-6-15-30-16-14-26(32)38-18-17-37-23-12-10-22-11-13-27(33)40-25(22)19-23/h2-4,7-8,10-14,16,19,24,30H,5-6,9,15,17-18,20H2,1H3,(H,31,35)/b16-14-/t24-/m0/s1. The number of hydrogen-bond donors (Lipinski definition) is 2. The van der Waals surface area contributed by atoms with E-state index in [2.05, 4.69) is 10.6 Å². The quantitative estimate of drug-likeness (QED) is 0.0946. The summed E-state index contributed by atoms with van der Waals surface area (Å²) in [7, 11) is 1.26. The van der Waals surface area contributed by atoms with E-state index < -0.39 is 29.7 Å². The minimum atomic E-state index is -0.825. The van der Waals surface area contributed by atoms with Crippen molar-refractivity contribution in [3.05, 3.63) is 88.9 Å². The first-order valence-corrected chi connectivity index (χ1v) is 12.7. The van der Waals surface area contributed by atoms with Gasteiger partial charge in [-0.3, -0.25) is 0 Å². The van der Waals surface area contributed by atoms with Crippen molar-refractivity contribution in [3.63, 3.8) is 0 Å². The van der Waals surface area contributed by atoms with Crippen molar-refractivity contribution in [1.82, 2.24) is 10.6 Å². The van der Waals surface area contributed by atoms with Crippen LogP contribution in [0.1, 0.15) is 24.8 Å². The SMILES string of the molecule is COC(=O)[C@H](CCCCN/C=C\C(=O)OCCOc1ccc2ccc(=O)oc2c1)NC(=O)OCc1ccccc1. The molecule has 0 spiro atoms. The van der Waals surface area contributed by atoms with Crippen LogP contribution in [0.15, 0.2) is 82.2 Å². The summed E-state index contributed by atoms with van der Waals surface area (Å²) in [5.74, 6) is -0.600. The molecule has 0 aliphatic heterocycles. The smallest absolute Gasteiger partial charge is 0.408 e. The number of amides is 1. The van der Waals surface area contributed by atoms with Gasteiger partial charge in [0.1, 0.15) is 37.2 Å². The van der Waals surface area contributed by atoms with Crippen molar-refractivity contribution in [2.24, 2.45) is 0 Å². The monoisotopic (exact) mass is 552 g/mol. The molecule has 1 amide bonds. The van der Waals surface area contributed by atoms with Gasteiger partial charge >= 0.3 is 23.7 Å². The number of nitrogens with one attached hydrogen (secondary N) is 2. The summed E-state index contributed by atoms with van der Waals surface area (Å²) in [6, 6.07) is 16.5. The lowest BCUT2D eigenvalue weighted by Gasteiger charge is -2.16. The minimum Gasteiger partial charge on any atom is -0.490 e. The zero-order chi connectivity index (χ0) is 28.6. The Labute approximate surface area is 231 Å². The topological polar surface area (TPSA) is 142 Å². The average Bonchev–Trinajstić information content (AvgIpc) is 2.97. The molecule has 3 rings (SSSR count). The predicted molar refractivity (Wildman–Crippen MR) is 145 cm³/mol. The van der Waals surface area contributed by atoms with E-state index in [1.807, 2.05) is 30.3 Å². The van der Waals surface area contributed by atoms with Gasteiger partial charge in [-0.2, -0.15) is 0 Å². The van der Waals surface area contributed by atoms with Crippen LogP contribution in [-0.2, 0) is 30.4 Å². The number of rotatable bonds is 15. The molecule has 212 valence electrons. The van der Waals surface area contributed by atoms with Gasteiger partial charge in [0.15, 0.2) is 0 Å². The Morgan fingerprint density at radius 3 is 2.58 bits per heavy atom. The zero-order valence-corrected chi connectivity index (χ0v) is 22.1. The molecule has 0 unspecified atom stereocenters. The largest absolute Gasteiger partial charge is 0.490 e. The highest BCUT2D eigenvalue weighted by atomic mass is 16.6. The van der Waals surface area contributed by atoms with Gasteiger partial charge in [-0.15, -0.1) is 0 Å². The first-order valence-electron chi connectivity index (χ1n) is 12.7. The second kappa shape index (κ2) is 16.2. The van der Waals surface area contributed by atoms with Crippen LogP contribution in [0.4, 0.5) is 4.79 Å². The van der Waals surface area contributed by atoms with Crippen molar-refractivity contribution in [2.45, 2.75) is 31.9 Å². The number of unbranched alkanes of at least 4 members (excludes halogenated alkanes) is 1. The van der Waals surface area contributed by atoms with Crippen molar-refractivity contribution >= 4 is 29.0 Å². The van der Waals surface area contributed by atoms with Gasteiger partial charge in [0.25, 0.3) is 0 Å². The van der Waals surface area contributed by atoms with Crippen LogP contribution in [0.3, 0.4) is 0 Å². The molecule has 0 bridgehead atoms. The summed E-state index contributed by atoms with van der Waals surface area (Å²) < 4.78 is 25.7. The third-order valence-corrected chi connectivity index (χ3v) is 5.58. The molecule has 0 saturated heterocycles. The summed E-state index contributed by atoms with van der Waals surface area (Å²) in [6.07, 6.45) is 3.68. The molecule has 40 heavy (non-hydrogen) atoms. The van der Waals surface area contributed by atoms with E-state index in [-0.39, 0.29) is 19.8 Å². The van der Waals surface area contributed by atoms with Gasteiger partial charge < -0.3 is 34.0 Å². The van der Waals surface area contributed by atoms with E-state index in [1.54, 1.807) is 24.3 Å². The van der Waals surface area contributed by atoms with Gasteiger partial charge in [0.05, 0.1) is 7.11 Å². The van der Waals surface area contributed by atoms with E-state index in [4.69, 9.17) is 23.4 Å². The second-order valence-corrected chi connectivity index (χ2v) is 8.54. The van der Waals surface area contributed by atoms with Crippen LogP contribution in [0.5, 0.6) is 5.75 Å². The first-order chi connectivity index (χ1) is 19.4. The molecule has 2 N–H and O–H groups in total. The van der Waals surface area contributed by atoms with Crippen molar-refractivity contribution in [1.29, 1.82) is 0 Å². The number of fused-ring (bicyclic) bond motifs is 1. The Hall–Kier alpha value is -4.80. The fourth-order valence-electron chi connectivity index (χ4n) is 3.56. The summed E-state index contributed by atoms with van der Waals surface area (Å²) in [6.45, 7) is 0.801. The van der Waals surface area contributed by atoms with Crippen molar-refractivity contribution < 1.29 is 37.7 Å². The molecule has 3 aromatic rings. The van der Waals surface area contributed by atoms with Gasteiger partial charge in [0.2, 0.25) is 0 Å². The molecule has 1 aromatic heterocycles. The number of carbonyl (C=O) groups excluding carboxylic acids is 3. The van der Waals surface area contributed by atoms with Crippen LogP contribution in [0.2, 0.25) is 0 Å². The number of hydrogen-bond acceptors (Lipinski definition) is 10. The van der Waals surface area contributed by atoms with Gasteiger partial charge in [0, 0.05) is 36.3 Å². The minimum absolute atomic E-state index is 0.0373. The lowest BCUT2D eigenvalue weighted by Crippen LogP contribution is -2.41. The van der Waals surface area contributed by atoms with E-state index >= 15 is 0 Å². The van der Waals surface area contributed by atoms with E-state index in [1.165, 1.54) is 25.5 Å². The van der Waals surface area contributed by atoms with Crippen LogP contribution < -0.4 is 21.0 Å². The zero-order valence-electron chi connectivity index (χ0n) is 22.1.